The predicted octanol–water partition coefficient (Wildman–Crippen LogP) is 3.94. The van der Waals surface area contributed by atoms with E-state index in [1.54, 1.807) is 11.1 Å². The fourth-order valence-electron chi connectivity index (χ4n) is 3.62. The van der Waals surface area contributed by atoms with E-state index in [1.165, 1.54) is 45.2 Å². The fourth-order valence-corrected chi connectivity index (χ4v) is 3.62. The molecule has 1 saturated carbocycles. The van der Waals surface area contributed by atoms with Crippen LogP contribution >= 0.6 is 0 Å². The van der Waals surface area contributed by atoms with Crippen molar-refractivity contribution in [2.45, 2.75) is 57.5 Å². The molecule has 1 fully saturated rings. The van der Waals surface area contributed by atoms with Crippen LogP contribution in [0, 0.1) is 0 Å². The van der Waals surface area contributed by atoms with Crippen LogP contribution in [0.15, 0.2) is 24.3 Å². The van der Waals surface area contributed by atoms with Crippen LogP contribution in [0.4, 0.5) is 0 Å². The number of benzene rings is 1. The summed E-state index contributed by atoms with van der Waals surface area (Å²) in [6, 6.07) is 9.88. The van der Waals surface area contributed by atoms with Crippen molar-refractivity contribution >= 4 is 0 Å². The largest absolute Gasteiger partial charge is 0.296 e. The quantitative estimate of drug-likeness (QED) is 0.705. The highest BCUT2D eigenvalue weighted by Crippen LogP contribution is 2.32. The van der Waals surface area contributed by atoms with E-state index >= 15 is 0 Å². The van der Waals surface area contributed by atoms with Gasteiger partial charge in [0.1, 0.15) is 0 Å². The fraction of sp³-hybridized carbons (Fsp3) is 0.625. The molecule has 0 spiro atoms. The van der Waals surface area contributed by atoms with Gasteiger partial charge in [-0.1, -0.05) is 50.5 Å². The first-order valence-corrected chi connectivity index (χ1v) is 7.16. The minimum atomic E-state index is 0.710. The Balaban J connectivity index is 1.78. The minimum absolute atomic E-state index is 0.710. The monoisotopic (exact) mass is 229 g/mol. The molecule has 92 valence electrons. The summed E-state index contributed by atoms with van der Waals surface area (Å²) in [6.45, 7) is 4.83. The first kappa shape index (κ1) is 11.3. The van der Waals surface area contributed by atoms with Crippen molar-refractivity contribution in [2.24, 2.45) is 0 Å². The van der Waals surface area contributed by atoms with Gasteiger partial charge in [0.2, 0.25) is 0 Å². The molecule has 2 aliphatic rings. The summed E-state index contributed by atoms with van der Waals surface area (Å²) in [5, 5.41) is 0. The third-order valence-electron chi connectivity index (χ3n) is 4.56. The van der Waals surface area contributed by atoms with Crippen LogP contribution in [0.1, 0.15) is 56.1 Å². The first-order chi connectivity index (χ1) is 8.34. The Kier molecular flexibility index (Phi) is 3.19. The molecule has 17 heavy (non-hydrogen) atoms. The van der Waals surface area contributed by atoms with Crippen LogP contribution in [0.3, 0.4) is 0 Å². The van der Waals surface area contributed by atoms with Crippen LogP contribution in [0.5, 0.6) is 0 Å². The van der Waals surface area contributed by atoms with Crippen molar-refractivity contribution in [1.82, 2.24) is 4.90 Å². The number of hydrogen-bond acceptors (Lipinski definition) is 1. The lowest BCUT2D eigenvalue weighted by Crippen LogP contribution is -2.41. The number of rotatable bonds is 1. The van der Waals surface area contributed by atoms with Crippen molar-refractivity contribution in [2.75, 3.05) is 6.54 Å². The van der Waals surface area contributed by atoms with E-state index in [9.17, 15) is 0 Å². The Bertz CT molecular complexity index is 379. The molecule has 1 aliphatic heterocycles. The first-order valence-electron chi connectivity index (χ1n) is 7.16. The molecule has 1 unspecified atom stereocenters. The minimum Gasteiger partial charge on any atom is -0.296 e. The molecular weight excluding hydrogens is 206 g/mol. The van der Waals surface area contributed by atoms with E-state index in [0.29, 0.717) is 5.92 Å². The predicted molar refractivity (Wildman–Crippen MR) is 72.1 cm³/mol. The average molecular weight is 229 g/mol. The van der Waals surface area contributed by atoms with E-state index in [2.05, 4.69) is 36.1 Å². The van der Waals surface area contributed by atoms with Crippen molar-refractivity contribution < 1.29 is 0 Å². The van der Waals surface area contributed by atoms with Gasteiger partial charge in [-0.15, -0.1) is 0 Å². The molecule has 0 radical (unpaired) electrons. The summed E-state index contributed by atoms with van der Waals surface area (Å²) >= 11 is 0. The summed E-state index contributed by atoms with van der Waals surface area (Å²) in [7, 11) is 0. The molecular formula is C16H23N. The van der Waals surface area contributed by atoms with Crippen LogP contribution in [-0.4, -0.2) is 17.5 Å². The molecule has 1 heterocycles. The lowest BCUT2D eigenvalue weighted by Gasteiger charge is -2.40. The third kappa shape index (κ3) is 2.26. The summed E-state index contributed by atoms with van der Waals surface area (Å²) in [4.78, 5) is 2.74. The van der Waals surface area contributed by atoms with Gasteiger partial charge in [-0.05, 0) is 29.9 Å². The molecule has 1 atom stereocenters. The van der Waals surface area contributed by atoms with Crippen molar-refractivity contribution in [3.05, 3.63) is 35.4 Å². The number of nitrogens with zero attached hydrogens (tertiary/aromatic N) is 1. The summed E-state index contributed by atoms with van der Waals surface area (Å²) in [5.41, 5.74) is 3.15. The standard InChI is InChI=1S/C16H23N/c1-13-11-17(15-8-3-2-4-9-15)12-14-7-5-6-10-16(13)14/h5-7,10,13,15H,2-4,8-9,11-12H2,1H3. The van der Waals surface area contributed by atoms with Crippen molar-refractivity contribution in [3.63, 3.8) is 0 Å². The summed E-state index contributed by atoms with van der Waals surface area (Å²) in [6.07, 6.45) is 7.19. The SMILES string of the molecule is CC1CN(C2CCCCC2)Cc2ccccc21. The molecule has 1 heteroatoms. The van der Waals surface area contributed by atoms with Crippen LogP contribution in [0.25, 0.3) is 0 Å². The molecule has 0 saturated heterocycles. The smallest absolute Gasteiger partial charge is 0.0239 e. The molecule has 0 bridgehead atoms. The van der Waals surface area contributed by atoms with Crippen LogP contribution in [-0.2, 0) is 6.54 Å². The van der Waals surface area contributed by atoms with Crippen molar-refractivity contribution in [3.8, 4) is 0 Å². The summed E-state index contributed by atoms with van der Waals surface area (Å²) in [5.74, 6) is 0.710. The van der Waals surface area contributed by atoms with E-state index in [4.69, 9.17) is 0 Å². The van der Waals surface area contributed by atoms with Crippen molar-refractivity contribution in [1.29, 1.82) is 0 Å². The van der Waals surface area contributed by atoms with Gasteiger partial charge in [0.25, 0.3) is 0 Å². The third-order valence-corrected chi connectivity index (χ3v) is 4.56. The van der Waals surface area contributed by atoms with E-state index < -0.39 is 0 Å². The Morgan fingerprint density at radius 1 is 1.06 bits per heavy atom. The topological polar surface area (TPSA) is 3.24 Å². The van der Waals surface area contributed by atoms with E-state index in [1.807, 2.05) is 0 Å². The van der Waals surface area contributed by atoms with E-state index in [-0.39, 0.29) is 0 Å². The van der Waals surface area contributed by atoms with Gasteiger partial charge >= 0.3 is 0 Å². The maximum absolute atomic E-state index is 2.74. The lowest BCUT2D eigenvalue weighted by atomic mass is 9.87. The molecule has 0 aromatic heterocycles. The van der Waals surface area contributed by atoms with Crippen LogP contribution < -0.4 is 0 Å². The average Bonchev–Trinajstić information content (AvgIpc) is 2.40. The van der Waals surface area contributed by atoms with Gasteiger partial charge in [-0.25, -0.2) is 0 Å². The highest BCUT2D eigenvalue weighted by Gasteiger charge is 2.27. The lowest BCUT2D eigenvalue weighted by molar-refractivity contribution is 0.131. The zero-order valence-electron chi connectivity index (χ0n) is 10.9. The highest BCUT2D eigenvalue weighted by molar-refractivity contribution is 5.32. The zero-order chi connectivity index (χ0) is 11.7. The van der Waals surface area contributed by atoms with Crippen LogP contribution in [0.2, 0.25) is 0 Å². The van der Waals surface area contributed by atoms with Gasteiger partial charge in [0.05, 0.1) is 0 Å². The second-order valence-electron chi connectivity index (χ2n) is 5.82. The van der Waals surface area contributed by atoms with Gasteiger partial charge in [0, 0.05) is 19.1 Å². The Labute approximate surface area is 105 Å². The maximum atomic E-state index is 2.74. The Hall–Kier alpha value is -0.820. The number of hydrogen-bond donors (Lipinski definition) is 0. The molecule has 1 aromatic rings. The highest BCUT2D eigenvalue weighted by atomic mass is 15.2. The Morgan fingerprint density at radius 2 is 1.82 bits per heavy atom. The Morgan fingerprint density at radius 3 is 2.65 bits per heavy atom. The molecule has 1 nitrogen and oxygen atoms in total. The second kappa shape index (κ2) is 4.81. The van der Waals surface area contributed by atoms with Gasteiger partial charge in [-0.2, -0.15) is 0 Å². The van der Waals surface area contributed by atoms with Gasteiger partial charge in [0.15, 0.2) is 0 Å². The number of fused-ring (bicyclic) bond motifs is 1. The molecule has 3 rings (SSSR count). The van der Waals surface area contributed by atoms with Gasteiger partial charge in [-0.3, -0.25) is 4.90 Å². The molecule has 0 amide bonds. The van der Waals surface area contributed by atoms with Gasteiger partial charge < -0.3 is 0 Å². The zero-order valence-corrected chi connectivity index (χ0v) is 10.9. The van der Waals surface area contributed by atoms with E-state index in [0.717, 1.165) is 6.04 Å². The molecule has 1 aliphatic carbocycles. The molecule has 1 aromatic carbocycles. The molecule has 0 N–H and O–H groups in total. The summed E-state index contributed by atoms with van der Waals surface area (Å²) < 4.78 is 0. The second-order valence-corrected chi connectivity index (χ2v) is 5.82. The maximum Gasteiger partial charge on any atom is 0.0239 e. The normalized spacial score (nSPS) is 26.8.